The quantitative estimate of drug-likeness (QED) is 0.622. The third-order valence-corrected chi connectivity index (χ3v) is 4.06. The number of fused-ring (bicyclic) bond motifs is 3. The molecule has 1 amide bonds. The summed E-state index contributed by atoms with van der Waals surface area (Å²) in [7, 11) is 0. The molecule has 1 aromatic carbocycles. The number of hydrogen-bond acceptors (Lipinski definition) is 6. The standard InChI is InChI=1S/C18H12N4O4/c1-8-6-10(4-5-19-8)20-16-14-13(15(23)17(24)22-14)11-3-2-9(18(25)26)7-12(11)21-16/h2-7H,1H3,(H,25,26)(H,19,20,21)(H,22,23,24). The number of ketones is 1. The Hall–Kier alpha value is -3.81. The van der Waals surface area contributed by atoms with Crippen molar-refractivity contribution in [3.05, 3.63) is 53.3 Å². The van der Waals surface area contributed by atoms with E-state index in [9.17, 15) is 19.5 Å². The number of anilines is 3. The number of amides is 1. The average Bonchev–Trinajstić information content (AvgIpc) is 2.90. The lowest BCUT2D eigenvalue weighted by Crippen LogP contribution is -2.12. The predicted octanol–water partition coefficient (Wildman–Crippen LogP) is 2.51. The summed E-state index contributed by atoms with van der Waals surface area (Å²) in [6.45, 7) is 1.83. The van der Waals surface area contributed by atoms with Crippen LogP contribution in [0, 0.1) is 6.92 Å². The van der Waals surface area contributed by atoms with Crippen LogP contribution >= 0.6 is 0 Å². The molecule has 3 aromatic rings. The number of aryl methyl sites for hydroxylation is 1. The molecule has 2 aromatic heterocycles. The molecule has 8 heteroatoms. The molecule has 0 radical (unpaired) electrons. The van der Waals surface area contributed by atoms with Crippen LogP contribution in [0.3, 0.4) is 0 Å². The van der Waals surface area contributed by atoms with Crippen LogP contribution in [-0.2, 0) is 4.79 Å². The first-order valence-corrected chi connectivity index (χ1v) is 7.70. The molecule has 3 heterocycles. The molecule has 8 nitrogen and oxygen atoms in total. The zero-order chi connectivity index (χ0) is 18.4. The molecule has 26 heavy (non-hydrogen) atoms. The molecule has 3 N–H and O–H groups in total. The van der Waals surface area contributed by atoms with Crippen molar-refractivity contribution in [2.45, 2.75) is 6.92 Å². The van der Waals surface area contributed by atoms with Crippen molar-refractivity contribution in [1.82, 2.24) is 9.97 Å². The van der Waals surface area contributed by atoms with Gasteiger partial charge in [-0.15, -0.1) is 0 Å². The van der Waals surface area contributed by atoms with Crippen LogP contribution in [0.15, 0.2) is 36.5 Å². The molecule has 4 rings (SSSR count). The smallest absolute Gasteiger partial charge is 0.335 e. The lowest BCUT2D eigenvalue weighted by Gasteiger charge is -2.12. The Balaban J connectivity index is 1.94. The van der Waals surface area contributed by atoms with Gasteiger partial charge in [0.2, 0.25) is 0 Å². The molecule has 0 fully saturated rings. The van der Waals surface area contributed by atoms with Gasteiger partial charge in [-0.2, -0.15) is 0 Å². The van der Waals surface area contributed by atoms with Crippen molar-refractivity contribution in [2.24, 2.45) is 0 Å². The summed E-state index contributed by atoms with van der Waals surface area (Å²) in [4.78, 5) is 43.9. The van der Waals surface area contributed by atoms with Crippen molar-refractivity contribution in [1.29, 1.82) is 0 Å². The van der Waals surface area contributed by atoms with Gasteiger partial charge >= 0.3 is 5.97 Å². The van der Waals surface area contributed by atoms with Gasteiger partial charge in [0.05, 0.1) is 22.3 Å². The fourth-order valence-electron chi connectivity index (χ4n) is 2.89. The van der Waals surface area contributed by atoms with Gasteiger partial charge in [0.25, 0.3) is 11.7 Å². The average molecular weight is 348 g/mol. The molecule has 0 aliphatic carbocycles. The zero-order valence-corrected chi connectivity index (χ0v) is 13.5. The van der Waals surface area contributed by atoms with E-state index in [-0.39, 0.29) is 22.6 Å². The number of nitrogens with one attached hydrogen (secondary N) is 2. The highest BCUT2D eigenvalue weighted by atomic mass is 16.4. The maximum absolute atomic E-state index is 12.3. The summed E-state index contributed by atoms with van der Waals surface area (Å²) in [5, 5.41) is 15.2. The number of hydrogen-bond donors (Lipinski definition) is 3. The Morgan fingerprint density at radius 2 is 2.00 bits per heavy atom. The number of aromatic carboxylic acids is 1. The molecular weight excluding hydrogens is 336 g/mol. The number of carboxylic acids is 1. The number of pyridine rings is 2. The SMILES string of the molecule is Cc1cc(Nc2nc3cc(C(=O)O)ccc3c3c2NC(=O)C3=O)ccn1. The Kier molecular flexibility index (Phi) is 3.40. The summed E-state index contributed by atoms with van der Waals surface area (Å²) in [5.41, 5.74) is 2.27. The van der Waals surface area contributed by atoms with E-state index in [1.165, 1.54) is 18.2 Å². The molecule has 0 unspecified atom stereocenters. The minimum absolute atomic E-state index is 0.0420. The first-order valence-electron chi connectivity index (χ1n) is 7.70. The van der Waals surface area contributed by atoms with Gasteiger partial charge in [0.1, 0.15) is 0 Å². The van der Waals surface area contributed by atoms with Crippen LogP contribution in [0.1, 0.15) is 26.4 Å². The molecular formula is C18H12N4O4. The number of benzene rings is 1. The van der Waals surface area contributed by atoms with E-state index in [0.717, 1.165) is 5.69 Å². The highest BCUT2D eigenvalue weighted by molar-refractivity contribution is 6.54. The molecule has 1 aliphatic heterocycles. The van der Waals surface area contributed by atoms with E-state index in [4.69, 9.17) is 0 Å². The summed E-state index contributed by atoms with van der Waals surface area (Å²) in [6, 6.07) is 7.74. The third-order valence-electron chi connectivity index (χ3n) is 4.06. The van der Waals surface area contributed by atoms with Gasteiger partial charge in [0.15, 0.2) is 5.82 Å². The molecule has 0 spiro atoms. The normalized spacial score (nSPS) is 12.8. The highest BCUT2D eigenvalue weighted by Crippen LogP contribution is 2.37. The van der Waals surface area contributed by atoms with Gasteiger partial charge in [-0.1, -0.05) is 6.07 Å². The fourth-order valence-corrected chi connectivity index (χ4v) is 2.89. The number of nitrogens with zero attached hydrogens (tertiary/aromatic N) is 2. The second kappa shape index (κ2) is 5.62. The number of carbonyl (C=O) groups excluding carboxylic acids is 2. The van der Waals surface area contributed by atoms with Crippen LogP contribution in [0.25, 0.3) is 10.9 Å². The predicted molar refractivity (Wildman–Crippen MR) is 93.9 cm³/mol. The van der Waals surface area contributed by atoms with Gasteiger partial charge in [-0.05, 0) is 31.2 Å². The molecule has 128 valence electrons. The van der Waals surface area contributed by atoms with Crippen molar-refractivity contribution in [2.75, 3.05) is 10.6 Å². The van der Waals surface area contributed by atoms with E-state index in [1.54, 1.807) is 18.3 Å². The maximum Gasteiger partial charge on any atom is 0.335 e. The molecule has 1 aliphatic rings. The van der Waals surface area contributed by atoms with Crippen LogP contribution in [0.4, 0.5) is 17.2 Å². The second-order valence-corrected chi connectivity index (χ2v) is 5.84. The highest BCUT2D eigenvalue weighted by Gasteiger charge is 2.33. The third kappa shape index (κ3) is 2.44. The topological polar surface area (TPSA) is 121 Å². The molecule has 0 atom stereocenters. The van der Waals surface area contributed by atoms with Crippen molar-refractivity contribution >= 4 is 45.8 Å². The Bertz CT molecular complexity index is 1120. The van der Waals surface area contributed by atoms with Gasteiger partial charge in [0, 0.05) is 23.0 Å². The number of carboxylic acid groups (broad SMARTS) is 1. The number of rotatable bonds is 3. The minimum atomic E-state index is -1.10. The largest absolute Gasteiger partial charge is 0.478 e. The van der Waals surface area contributed by atoms with E-state index >= 15 is 0 Å². The summed E-state index contributed by atoms with van der Waals surface area (Å²) in [6.07, 6.45) is 1.62. The second-order valence-electron chi connectivity index (χ2n) is 5.84. The van der Waals surface area contributed by atoms with Gasteiger partial charge in [-0.3, -0.25) is 14.6 Å². The summed E-state index contributed by atoms with van der Waals surface area (Å²) >= 11 is 0. The first kappa shape index (κ1) is 15.7. The van der Waals surface area contributed by atoms with Crippen LogP contribution in [-0.4, -0.2) is 32.7 Å². The van der Waals surface area contributed by atoms with E-state index in [1.807, 2.05) is 6.92 Å². The summed E-state index contributed by atoms with van der Waals surface area (Å²) < 4.78 is 0. The number of aromatic nitrogens is 2. The molecule has 0 bridgehead atoms. The fraction of sp³-hybridized carbons (Fsp3) is 0.0556. The maximum atomic E-state index is 12.3. The summed E-state index contributed by atoms with van der Waals surface area (Å²) in [5.74, 6) is -2.26. The molecule has 0 saturated carbocycles. The van der Waals surface area contributed by atoms with E-state index in [2.05, 4.69) is 20.6 Å². The van der Waals surface area contributed by atoms with E-state index < -0.39 is 17.7 Å². The Labute approximate surface area is 146 Å². The van der Waals surface area contributed by atoms with Crippen molar-refractivity contribution < 1.29 is 19.5 Å². The van der Waals surface area contributed by atoms with Gasteiger partial charge in [-0.25, -0.2) is 9.78 Å². The number of carbonyl (C=O) groups is 3. The van der Waals surface area contributed by atoms with E-state index in [0.29, 0.717) is 16.6 Å². The van der Waals surface area contributed by atoms with Crippen LogP contribution in [0.2, 0.25) is 0 Å². The monoisotopic (exact) mass is 348 g/mol. The number of Topliss-reactive ketones (excluding diaryl/α,β-unsaturated/α-hetero) is 1. The Morgan fingerprint density at radius 3 is 2.73 bits per heavy atom. The zero-order valence-electron chi connectivity index (χ0n) is 13.5. The van der Waals surface area contributed by atoms with Crippen LogP contribution in [0.5, 0.6) is 0 Å². The molecule has 0 saturated heterocycles. The van der Waals surface area contributed by atoms with Crippen molar-refractivity contribution in [3.63, 3.8) is 0 Å². The Morgan fingerprint density at radius 1 is 1.19 bits per heavy atom. The lowest BCUT2D eigenvalue weighted by atomic mass is 10.0. The van der Waals surface area contributed by atoms with Crippen molar-refractivity contribution in [3.8, 4) is 0 Å². The minimum Gasteiger partial charge on any atom is -0.478 e. The van der Waals surface area contributed by atoms with Gasteiger partial charge < -0.3 is 15.7 Å². The lowest BCUT2D eigenvalue weighted by molar-refractivity contribution is -0.112. The van der Waals surface area contributed by atoms with Crippen LogP contribution < -0.4 is 10.6 Å². The first-order chi connectivity index (χ1) is 12.4.